The number of hydrogen-bond acceptors (Lipinski definition) is 5. The molecule has 1 amide bonds. The molecule has 0 aromatic heterocycles. The van der Waals surface area contributed by atoms with Gasteiger partial charge in [0.2, 0.25) is 5.91 Å². The van der Waals surface area contributed by atoms with Crippen LogP contribution in [0.1, 0.15) is 6.92 Å². The molecule has 1 heterocycles. The van der Waals surface area contributed by atoms with E-state index in [0.717, 1.165) is 19.4 Å². The Morgan fingerprint density at radius 1 is 1.33 bits per heavy atom. The van der Waals surface area contributed by atoms with Crippen LogP contribution in [0.4, 0.5) is 10.1 Å². The van der Waals surface area contributed by atoms with Crippen LogP contribution in [0, 0.1) is 5.82 Å². The molecule has 0 atom stereocenters. The molecule has 1 aliphatic heterocycles. The van der Waals surface area contributed by atoms with Crippen LogP contribution in [0.25, 0.3) is 0 Å². The zero-order valence-corrected chi connectivity index (χ0v) is 13.6. The standard InChI is InChI=1S/C14H14FN3O5S/c1-9-10(14(20)23-2)7-18(24(21,22)17-9)8-13(19)16-12-6-4-3-5-11(12)15/h3-7H,8H2,1-2H3,(H,16,19). The third-order valence-corrected chi connectivity index (χ3v) is 4.40. The number of carbonyl (C=O) groups excluding carboxylic acids is 2. The first-order valence-electron chi connectivity index (χ1n) is 6.68. The number of nitrogens with one attached hydrogen (secondary N) is 1. The third kappa shape index (κ3) is 3.77. The van der Waals surface area contributed by atoms with Gasteiger partial charge in [-0.25, -0.2) is 13.5 Å². The maximum Gasteiger partial charge on any atom is 0.344 e. The van der Waals surface area contributed by atoms with E-state index in [1.54, 1.807) is 0 Å². The van der Waals surface area contributed by atoms with Gasteiger partial charge in [0.25, 0.3) is 0 Å². The molecule has 24 heavy (non-hydrogen) atoms. The van der Waals surface area contributed by atoms with E-state index >= 15 is 0 Å². The Labute approximate surface area is 137 Å². The van der Waals surface area contributed by atoms with E-state index in [9.17, 15) is 22.4 Å². The molecule has 0 bridgehead atoms. The second kappa shape index (κ2) is 6.79. The Morgan fingerprint density at radius 3 is 2.62 bits per heavy atom. The Morgan fingerprint density at radius 2 is 2.00 bits per heavy atom. The maximum absolute atomic E-state index is 13.5. The van der Waals surface area contributed by atoms with Gasteiger partial charge in [0.05, 0.1) is 24.1 Å². The SMILES string of the molecule is COC(=O)C1=CN(CC(=O)Nc2ccccc2F)S(=O)(=O)N=C1C. The normalized spacial score (nSPS) is 16.0. The summed E-state index contributed by atoms with van der Waals surface area (Å²) in [6, 6.07) is 5.44. The van der Waals surface area contributed by atoms with E-state index in [1.807, 2.05) is 0 Å². The topological polar surface area (TPSA) is 105 Å². The summed E-state index contributed by atoms with van der Waals surface area (Å²) in [5.74, 6) is -2.24. The molecule has 0 spiro atoms. The minimum atomic E-state index is -4.16. The minimum absolute atomic E-state index is 0.0485. The fraction of sp³-hybridized carbons (Fsp3) is 0.214. The highest BCUT2D eigenvalue weighted by Crippen LogP contribution is 2.18. The average Bonchev–Trinajstić information content (AvgIpc) is 2.51. The quantitative estimate of drug-likeness (QED) is 0.806. The van der Waals surface area contributed by atoms with Crippen LogP contribution >= 0.6 is 0 Å². The van der Waals surface area contributed by atoms with Gasteiger partial charge < -0.3 is 10.1 Å². The first-order valence-corrected chi connectivity index (χ1v) is 8.07. The Bertz CT molecular complexity index is 848. The van der Waals surface area contributed by atoms with Gasteiger partial charge in [-0.2, -0.15) is 8.42 Å². The van der Waals surface area contributed by atoms with E-state index in [0.29, 0.717) is 4.31 Å². The molecule has 1 aromatic rings. The number of para-hydroxylation sites is 1. The number of ether oxygens (including phenoxy) is 1. The second-order valence-electron chi connectivity index (χ2n) is 4.76. The van der Waals surface area contributed by atoms with E-state index < -0.39 is 34.4 Å². The summed E-state index contributed by atoms with van der Waals surface area (Å²) in [6.07, 6.45) is 0.963. The van der Waals surface area contributed by atoms with Crippen molar-refractivity contribution in [2.75, 3.05) is 19.0 Å². The highest BCUT2D eigenvalue weighted by Gasteiger charge is 2.30. The summed E-state index contributed by atoms with van der Waals surface area (Å²) in [7, 11) is -3.03. The molecular formula is C14H14FN3O5S. The van der Waals surface area contributed by atoms with Crippen LogP contribution in [0.15, 0.2) is 40.4 Å². The van der Waals surface area contributed by atoms with Crippen LogP contribution in [-0.2, 0) is 24.5 Å². The average molecular weight is 355 g/mol. The minimum Gasteiger partial charge on any atom is -0.465 e. The number of halogens is 1. The number of esters is 1. The van der Waals surface area contributed by atoms with Gasteiger partial charge in [-0.05, 0) is 19.1 Å². The number of hydrogen-bond donors (Lipinski definition) is 1. The zero-order valence-electron chi connectivity index (χ0n) is 12.8. The van der Waals surface area contributed by atoms with Gasteiger partial charge in [-0.3, -0.25) is 4.79 Å². The van der Waals surface area contributed by atoms with Crippen molar-refractivity contribution in [2.45, 2.75) is 6.92 Å². The molecule has 0 fully saturated rings. The zero-order chi connectivity index (χ0) is 17.9. The number of amides is 1. The first kappa shape index (κ1) is 17.6. The van der Waals surface area contributed by atoms with Crippen LogP contribution in [0.3, 0.4) is 0 Å². The lowest BCUT2D eigenvalue weighted by Gasteiger charge is -2.22. The fourth-order valence-corrected chi connectivity index (χ4v) is 2.98. The number of benzene rings is 1. The van der Waals surface area contributed by atoms with Crippen molar-refractivity contribution in [3.8, 4) is 0 Å². The molecule has 128 valence electrons. The molecule has 0 unspecified atom stereocenters. The van der Waals surface area contributed by atoms with Crippen LogP contribution < -0.4 is 5.32 Å². The molecule has 0 saturated heterocycles. The van der Waals surface area contributed by atoms with Crippen LogP contribution in [0.5, 0.6) is 0 Å². The molecule has 1 aromatic carbocycles. The number of nitrogens with zero attached hydrogens (tertiary/aromatic N) is 2. The van der Waals surface area contributed by atoms with Crippen LogP contribution in [-0.4, -0.2) is 44.0 Å². The second-order valence-corrected chi connectivity index (χ2v) is 6.31. The van der Waals surface area contributed by atoms with E-state index in [1.165, 1.54) is 25.1 Å². The maximum atomic E-state index is 13.5. The van der Waals surface area contributed by atoms with Crippen molar-refractivity contribution in [1.29, 1.82) is 0 Å². The summed E-state index contributed by atoms with van der Waals surface area (Å²) in [5, 5.41) is 2.25. The van der Waals surface area contributed by atoms with Crippen molar-refractivity contribution >= 4 is 33.5 Å². The van der Waals surface area contributed by atoms with Crippen molar-refractivity contribution in [3.63, 3.8) is 0 Å². The predicted molar refractivity (Wildman–Crippen MR) is 83.9 cm³/mol. The van der Waals surface area contributed by atoms with E-state index in [4.69, 9.17) is 0 Å². The van der Waals surface area contributed by atoms with Gasteiger partial charge in [-0.1, -0.05) is 12.1 Å². The third-order valence-electron chi connectivity index (χ3n) is 3.06. The summed E-state index contributed by atoms with van der Waals surface area (Å²) < 4.78 is 46.0. The van der Waals surface area contributed by atoms with Crippen molar-refractivity contribution in [2.24, 2.45) is 4.40 Å². The monoisotopic (exact) mass is 355 g/mol. The summed E-state index contributed by atoms with van der Waals surface area (Å²) in [4.78, 5) is 23.6. The smallest absolute Gasteiger partial charge is 0.344 e. The van der Waals surface area contributed by atoms with Crippen molar-refractivity contribution in [1.82, 2.24) is 4.31 Å². The molecule has 1 aliphatic rings. The van der Waals surface area contributed by atoms with Gasteiger partial charge in [0.15, 0.2) is 0 Å². The van der Waals surface area contributed by atoms with Gasteiger partial charge >= 0.3 is 16.2 Å². The van der Waals surface area contributed by atoms with Gasteiger partial charge in [-0.15, -0.1) is 4.40 Å². The largest absolute Gasteiger partial charge is 0.465 e. The number of anilines is 1. The van der Waals surface area contributed by atoms with E-state index in [2.05, 4.69) is 14.5 Å². The molecule has 0 saturated carbocycles. The number of carbonyl (C=O) groups is 2. The highest BCUT2D eigenvalue weighted by molar-refractivity contribution is 7.88. The van der Waals surface area contributed by atoms with E-state index in [-0.39, 0.29) is 17.0 Å². The molecule has 8 nitrogen and oxygen atoms in total. The summed E-state index contributed by atoms with van der Waals surface area (Å²) in [5.41, 5.74) is -0.229. The Hall–Kier alpha value is -2.75. The highest BCUT2D eigenvalue weighted by atomic mass is 32.2. The Kier molecular flexibility index (Phi) is 4.98. The molecule has 10 heteroatoms. The molecule has 0 radical (unpaired) electrons. The van der Waals surface area contributed by atoms with Gasteiger partial charge in [0, 0.05) is 6.20 Å². The lowest BCUT2D eigenvalue weighted by atomic mass is 10.2. The summed E-state index contributed by atoms with van der Waals surface area (Å²) in [6.45, 7) is 0.658. The molecule has 2 rings (SSSR count). The van der Waals surface area contributed by atoms with Crippen molar-refractivity contribution in [3.05, 3.63) is 41.9 Å². The molecular weight excluding hydrogens is 341 g/mol. The lowest BCUT2D eigenvalue weighted by molar-refractivity contribution is -0.135. The lowest BCUT2D eigenvalue weighted by Crippen LogP contribution is -2.37. The first-order chi connectivity index (χ1) is 11.2. The molecule has 0 aliphatic carbocycles. The predicted octanol–water partition coefficient (Wildman–Crippen LogP) is 0.842. The molecule has 1 N–H and O–H groups in total. The van der Waals surface area contributed by atoms with Crippen LogP contribution in [0.2, 0.25) is 0 Å². The fourth-order valence-electron chi connectivity index (χ4n) is 1.91. The van der Waals surface area contributed by atoms with Gasteiger partial charge in [0.1, 0.15) is 12.4 Å². The number of methoxy groups -OCH3 is 1. The summed E-state index contributed by atoms with van der Waals surface area (Å²) >= 11 is 0. The van der Waals surface area contributed by atoms with Crippen molar-refractivity contribution < 1.29 is 27.1 Å². The number of rotatable bonds is 4. The Balaban J connectivity index is 2.21.